The molecular formula is C32H27NO7. The molecule has 0 radical (unpaired) electrons. The molecule has 0 saturated carbocycles. The predicted octanol–water partition coefficient (Wildman–Crippen LogP) is 6.08. The molecule has 0 aromatic heterocycles. The Morgan fingerprint density at radius 3 is 2.12 bits per heavy atom. The average molecular weight is 538 g/mol. The number of benzene rings is 4. The number of hydrogen-bond acceptors (Lipinski definition) is 8. The molecule has 4 aromatic rings. The largest absolute Gasteiger partial charge is 0.493 e. The summed E-state index contributed by atoms with van der Waals surface area (Å²) in [6.45, 7) is 5.73. The molecule has 8 heteroatoms. The Labute approximate surface area is 231 Å². The monoisotopic (exact) mass is 537 g/mol. The third-order valence-electron chi connectivity index (χ3n) is 5.85. The minimum Gasteiger partial charge on any atom is -0.493 e. The molecule has 0 bridgehead atoms. The maximum atomic E-state index is 12.8. The van der Waals surface area contributed by atoms with Crippen molar-refractivity contribution in [2.45, 2.75) is 13.3 Å². The summed E-state index contributed by atoms with van der Waals surface area (Å²) in [5.41, 5.74) is 2.12. The number of carbonyl (C=O) groups excluding carboxylic acids is 3. The number of rotatable bonds is 11. The lowest BCUT2D eigenvalue weighted by Crippen LogP contribution is -2.10. The van der Waals surface area contributed by atoms with Gasteiger partial charge in [-0.25, -0.2) is 14.4 Å². The van der Waals surface area contributed by atoms with Crippen LogP contribution in [0.1, 0.15) is 38.3 Å². The van der Waals surface area contributed by atoms with Crippen molar-refractivity contribution in [1.82, 2.24) is 0 Å². The fraction of sp³-hybridized carbons (Fsp3) is 0.125. The number of ether oxygens (including phenoxy) is 4. The molecule has 202 valence electrons. The Morgan fingerprint density at radius 1 is 0.775 bits per heavy atom. The number of hydrogen-bond donors (Lipinski definition) is 1. The third kappa shape index (κ3) is 7.20. The van der Waals surface area contributed by atoms with Gasteiger partial charge in [-0.15, -0.1) is 0 Å². The second-order valence-corrected chi connectivity index (χ2v) is 8.79. The van der Waals surface area contributed by atoms with E-state index in [9.17, 15) is 14.4 Å². The normalized spacial score (nSPS) is 10.4. The summed E-state index contributed by atoms with van der Waals surface area (Å²) < 4.78 is 21.6. The van der Waals surface area contributed by atoms with Crippen molar-refractivity contribution in [3.05, 3.63) is 114 Å². The average Bonchev–Trinajstić information content (AvgIpc) is 2.97. The van der Waals surface area contributed by atoms with Crippen LogP contribution >= 0.6 is 0 Å². The van der Waals surface area contributed by atoms with Gasteiger partial charge in [0.15, 0.2) is 0 Å². The van der Waals surface area contributed by atoms with Gasteiger partial charge >= 0.3 is 17.9 Å². The SMILES string of the molecule is C=CC(=O)OCCCOc1ccc(C(=O)Oc2ccc3cc(C(=O)Oc4ccc(C)cc4)ccc3c2)cc1C=N. The van der Waals surface area contributed by atoms with Crippen LogP contribution in [0.25, 0.3) is 10.8 Å². The predicted molar refractivity (Wildman–Crippen MR) is 151 cm³/mol. The van der Waals surface area contributed by atoms with Crippen LogP contribution in [0.15, 0.2) is 91.5 Å². The summed E-state index contributed by atoms with van der Waals surface area (Å²) in [7, 11) is 0. The van der Waals surface area contributed by atoms with Crippen molar-refractivity contribution < 1.29 is 33.3 Å². The smallest absolute Gasteiger partial charge is 0.343 e. The number of carbonyl (C=O) groups is 3. The van der Waals surface area contributed by atoms with Gasteiger partial charge in [-0.3, -0.25) is 0 Å². The Hall–Kier alpha value is -5.24. The van der Waals surface area contributed by atoms with Crippen LogP contribution in [0.5, 0.6) is 17.2 Å². The number of esters is 3. The standard InChI is InChI=1S/C32H27NO7/c1-3-30(34)38-16-4-15-37-29-14-10-25(18-26(29)20-33)32(36)40-28-13-9-22-17-24(8-7-23(22)19-28)31(35)39-27-11-5-21(2)6-12-27/h3,5-14,17-20,33H,1,4,15-16H2,2H3. The molecule has 0 aliphatic rings. The highest BCUT2D eigenvalue weighted by molar-refractivity contribution is 5.98. The van der Waals surface area contributed by atoms with Gasteiger partial charge in [-0.2, -0.15) is 0 Å². The number of nitrogens with one attached hydrogen (secondary N) is 1. The second kappa shape index (κ2) is 13.0. The van der Waals surface area contributed by atoms with E-state index < -0.39 is 17.9 Å². The van der Waals surface area contributed by atoms with Crippen molar-refractivity contribution in [2.75, 3.05) is 13.2 Å². The zero-order valence-corrected chi connectivity index (χ0v) is 21.8. The Morgan fingerprint density at radius 2 is 1.40 bits per heavy atom. The molecule has 0 heterocycles. The minimum atomic E-state index is -0.594. The molecule has 4 rings (SSSR count). The fourth-order valence-electron chi connectivity index (χ4n) is 3.74. The maximum Gasteiger partial charge on any atom is 0.343 e. The Kier molecular flexibility index (Phi) is 9.04. The summed E-state index contributed by atoms with van der Waals surface area (Å²) in [5.74, 6) is -0.342. The summed E-state index contributed by atoms with van der Waals surface area (Å²) in [5, 5.41) is 9.24. The van der Waals surface area contributed by atoms with Gasteiger partial charge in [-0.05, 0) is 72.3 Å². The Bertz CT molecular complexity index is 1570. The van der Waals surface area contributed by atoms with Gasteiger partial charge < -0.3 is 24.4 Å². The van der Waals surface area contributed by atoms with Crippen molar-refractivity contribution in [1.29, 1.82) is 5.41 Å². The van der Waals surface area contributed by atoms with Crippen LogP contribution in [-0.4, -0.2) is 37.3 Å². The van der Waals surface area contributed by atoms with E-state index in [-0.39, 0.29) is 18.8 Å². The highest BCUT2D eigenvalue weighted by Gasteiger charge is 2.14. The van der Waals surface area contributed by atoms with E-state index in [1.54, 1.807) is 60.7 Å². The first-order valence-corrected chi connectivity index (χ1v) is 12.5. The molecule has 1 N–H and O–H groups in total. The van der Waals surface area contributed by atoms with E-state index >= 15 is 0 Å². The third-order valence-corrected chi connectivity index (χ3v) is 5.85. The molecular weight excluding hydrogens is 510 g/mol. The lowest BCUT2D eigenvalue weighted by molar-refractivity contribution is -0.137. The summed E-state index contributed by atoms with van der Waals surface area (Å²) in [6, 6.07) is 22.1. The van der Waals surface area contributed by atoms with Gasteiger partial charge in [0.25, 0.3) is 0 Å². The molecule has 4 aromatic carbocycles. The first-order valence-electron chi connectivity index (χ1n) is 12.5. The van der Waals surface area contributed by atoms with Crippen LogP contribution < -0.4 is 14.2 Å². The van der Waals surface area contributed by atoms with Crippen LogP contribution in [0.4, 0.5) is 0 Å². The molecule has 0 amide bonds. The zero-order valence-electron chi connectivity index (χ0n) is 21.8. The number of fused-ring (bicyclic) bond motifs is 1. The molecule has 0 aliphatic heterocycles. The molecule has 0 aliphatic carbocycles. The molecule has 8 nitrogen and oxygen atoms in total. The van der Waals surface area contributed by atoms with Crippen LogP contribution in [0.2, 0.25) is 0 Å². The van der Waals surface area contributed by atoms with Gasteiger partial charge in [0.1, 0.15) is 17.2 Å². The molecule has 40 heavy (non-hydrogen) atoms. The van der Waals surface area contributed by atoms with Crippen molar-refractivity contribution in [3.8, 4) is 17.2 Å². The first kappa shape index (κ1) is 27.8. The van der Waals surface area contributed by atoms with Crippen molar-refractivity contribution in [2.24, 2.45) is 0 Å². The van der Waals surface area contributed by atoms with Gasteiger partial charge in [0, 0.05) is 24.3 Å². The van der Waals surface area contributed by atoms with Crippen LogP contribution in [0.3, 0.4) is 0 Å². The number of aryl methyl sites for hydroxylation is 1. The summed E-state index contributed by atoms with van der Waals surface area (Å²) >= 11 is 0. The lowest BCUT2D eigenvalue weighted by atomic mass is 10.1. The van der Waals surface area contributed by atoms with Crippen LogP contribution in [-0.2, 0) is 9.53 Å². The summed E-state index contributed by atoms with van der Waals surface area (Å²) in [4.78, 5) is 36.5. The molecule has 0 unspecified atom stereocenters. The topological polar surface area (TPSA) is 112 Å². The van der Waals surface area contributed by atoms with E-state index in [1.165, 1.54) is 6.07 Å². The van der Waals surface area contributed by atoms with E-state index in [1.807, 2.05) is 19.1 Å². The summed E-state index contributed by atoms with van der Waals surface area (Å²) in [6.07, 6.45) is 2.63. The van der Waals surface area contributed by atoms with Crippen molar-refractivity contribution in [3.63, 3.8) is 0 Å². The zero-order chi connectivity index (χ0) is 28.5. The van der Waals surface area contributed by atoms with Gasteiger partial charge in [0.2, 0.25) is 0 Å². The van der Waals surface area contributed by atoms with E-state index in [0.717, 1.165) is 28.6 Å². The minimum absolute atomic E-state index is 0.180. The second-order valence-electron chi connectivity index (χ2n) is 8.79. The first-order chi connectivity index (χ1) is 19.4. The molecule has 0 atom stereocenters. The van der Waals surface area contributed by atoms with Gasteiger partial charge in [0.05, 0.1) is 24.3 Å². The quantitative estimate of drug-likeness (QED) is 0.0811. The van der Waals surface area contributed by atoms with Crippen molar-refractivity contribution >= 4 is 34.9 Å². The van der Waals surface area contributed by atoms with E-state index in [0.29, 0.717) is 34.8 Å². The maximum absolute atomic E-state index is 12.8. The van der Waals surface area contributed by atoms with Gasteiger partial charge in [-0.1, -0.05) is 36.4 Å². The molecule has 0 saturated heterocycles. The lowest BCUT2D eigenvalue weighted by Gasteiger charge is -2.11. The van der Waals surface area contributed by atoms with E-state index in [2.05, 4.69) is 6.58 Å². The molecule has 0 spiro atoms. The fourth-order valence-corrected chi connectivity index (χ4v) is 3.74. The highest BCUT2D eigenvalue weighted by atomic mass is 16.5. The molecule has 0 fully saturated rings. The Balaban J connectivity index is 1.38. The van der Waals surface area contributed by atoms with Crippen LogP contribution in [0, 0.1) is 12.3 Å². The van der Waals surface area contributed by atoms with E-state index in [4.69, 9.17) is 24.4 Å². The highest BCUT2D eigenvalue weighted by Crippen LogP contribution is 2.25.